The quantitative estimate of drug-likeness (QED) is 0.208. The van der Waals surface area contributed by atoms with E-state index in [1.807, 2.05) is 0 Å². The Labute approximate surface area is 121 Å². The summed E-state index contributed by atoms with van der Waals surface area (Å²) in [6.45, 7) is 2.43. The average Bonchev–Trinajstić information content (AvgIpc) is 2.34. The molecule has 0 aromatic carbocycles. The van der Waals surface area contributed by atoms with E-state index in [1.54, 1.807) is 7.05 Å². The van der Waals surface area contributed by atoms with Crippen LogP contribution in [0.3, 0.4) is 0 Å². The van der Waals surface area contributed by atoms with Crippen molar-refractivity contribution in [3.63, 3.8) is 0 Å². The molecule has 20 heavy (non-hydrogen) atoms. The molecule has 0 fully saturated rings. The molecular weight excluding hydrogens is 266 g/mol. The molecule has 5 N–H and O–H groups in total. The number of hydrogen-bond donors (Lipinski definition) is 4. The van der Waals surface area contributed by atoms with Crippen LogP contribution >= 0.6 is 0 Å². The second-order valence-electron chi connectivity index (χ2n) is 3.94. The zero-order valence-electron chi connectivity index (χ0n) is 11.6. The second-order valence-corrected chi connectivity index (χ2v) is 3.94. The fourth-order valence-electron chi connectivity index (χ4n) is 1.16. The number of rotatable bonds is 9. The van der Waals surface area contributed by atoms with Gasteiger partial charge in [0.2, 0.25) is 5.91 Å². The number of carboxylic acid groups (broad SMARTS) is 1. The fourth-order valence-corrected chi connectivity index (χ4v) is 1.16. The molecule has 0 aliphatic heterocycles. The van der Waals surface area contributed by atoms with Crippen LogP contribution in [-0.4, -0.2) is 49.4 Å². The molecule has 0 rings (SSSR count). The van der Waals surface area contributed by atoms with Crippen molar-refractivity contribution in [3.05, 3.63) is 0 Å². The van der Waals surface area contributed by atoms with Gasteiger partial charge in [-0.3, -0.25) is 9.59 Å². The van der Waals surface area contributed by atoms with Crippen molar-refractivity contribution in [1.29, 1.82) is 0 Å². The molecule has 1 amide bonds. The topological polar surface area (TPSA) is 122 Å². The Balaban J connectivity index is -0.000000352. The molecular formula is C13H29N3O4. The van der Waals surface area contributed by atoms with E-state index in [1.165, 1.54) is 6.92 Å². The lowest BCUT2D eigenvalue weighted by Crippen LogP contribution is -2.27. The Morgan fingerprint density at radius 1 is 1.35 bits per heavy atom. The Morgan fingerprint density at radius 2 is 1.95 bits per heavy atom. The zero-order valence-corrected chi connectivity index (χ0v) is 11.6. The number of nitrogens with one attached hydrogen (secondary N) is 2. The van der Waals surface area contributed by atoms with Gasteiger partial charge in [0.15, 0.2) is 0 Å². The molecule has 0 bridgehead atoms. The Hall–Kier alpha value is -1.47. The van der Waals surface area contributed by atoms with E-state index in [2.05, 4.69) is 10.6 Å². The minimum absolute atomic E-state index is 0. The summed E-state index contributed by atoms with van der Waals surface area (Å²) in [6, 6.07) is -0.0441. The zero-order chi connectivity index (χ0) is 15.1. The smallest absolute Gasteiger partial charge is 0.304 e. The first-order chi connectivity index (χ1) is 8.97. The minimum Gasteiger partial charge on any atom is -0.481 e. The number of nitrogens with two attached hydrogens (primary N) is 1. The summed E-state index contributed by atoms with van der Waals surface area (Å²) < 4.78 is 0. The van der Waals surface area contributed by atoms with Gasteiger partial charge >= 0.3 is 5.97 Å². The van der Waals surface area contributed by atoms with E-state index in [0.29, 0.717) is 6.54 Å². The van der Waals surface area contributed by atoms with Crippen molar-refractivity contribution in [1.82, 2.24) is 10.6 Å². The molecule has 0 aromatic rings. The number of carboxylic acids is 1. The maximum atomic E-state index is 10.5. The SMILES string of the molecule is [13CH3]NC(C=O)CCCCNC([13CH3])=O.[13CH4].[15NH2]CCC(=O)O. The van der Waals surface area contributed by atoms with Crippen molar-refractivity contribution < 1.29 is 19.5 Å². The maximum absolute atomic E-state index is 10.5. The first-order valence-electron chi connectivity index (χ1n) is 6.26. The van der Waals surface area contributed by atoms with Gasteiger partial charge in [-0.05, 0) is 26.3 Å². The normalized spacial score (nSPS) is 10.3. The van der Waals surface area contributed by atoms with Crippen molar-refractivity contribution in [2.45, 2.75) is 46.1 Å². The summed E-state index contributed by atoms with van der Waals surface area (Å²) in [5.41, 5.74) is 4.85. The lowest BCUT2D eigenvalue weighted by atomic mass is 10.1. The average molecular weight is 295 g/mol. The maximum Gasteiger partial charge on any atom is 0.304 e. The predicted octanol–water partition coefficient (Wildman–Crippen LogP) is 0.136. The predicted molar refractivity (Wildman–Crippen MR) is 79.5 cm³/mol. The highest BCUT2D eigenvalue weighted by Crippen LogP contribution is 1.97. The van der Waals surface area contributed by atoms with Gasteiger partial charge < -0.3 is 26.3 Å². The Bertz CT molecular complexity index is 260. The molecule has 0 radical (unpaired) electrons. The van der Waals surface area contributed by atoms with Gasteiger partial charge in [-0.25, -0.2) is 0 Å². The molecule has 1 unspecified atom stereocenters. The molecule has 0 saturated heterocycles. The fraction of sp³-hybridized carbons (Fsp3) is 0.769. The number of aldehydes is 1. The van der Waals surface area contributed by atoms with Crippen LogP contribution in [-0.2, 0) is 14.4 Å². The number of carbonyl (C=O) groups is 3. The Morgan fingerprint density at radius 3 is 2.25 bits per heavy atom. The molecule has 0 aliphatic rings. The third-order valence-corrected chi connectivity index (χ3v) is 2.21. The number of amides is 1. The number of unbranched alkanes of at least 4 members (excludes halogenated alkanes) is 1. The van der Waals surface area contributed by atoms with Gasteiger partial charge in [-0.1, -0.05) is 7.43 Å². The molecule has 7 heteroatoms. The van der Waals surface area contributed by atoms with Crippen LogP contribution in [0.4, 0.5) is 0 Å². The Kier molecular flexibility index (Phi) is 20.7. The van der Waals surface area contributed by atoms with Crippen LogP contribution in [0.5, 0.6) is 0 Å². The summed E-state index contributed by atoms with van der Waals surface area (Å²) in [5, 5.41) is 13.4. The summed E-state index contributed by atoms with van der Waals surface area (Å²) in [5.74, 6) is -0.835. The van der Waals surface area contributed by atoms with Gasteiger partial charge in [-0.2, -0.15) is 0 Å². The minimum atomic E-state index is -0.836. The van der Waals surface area contributed by atoms with Crippen LogP contribution in [0.1, 0.15) is 40.0 Å². The monoisotopic (exact) mass is 295 g/mol. The molecule has 0 saturated carbocycles. The van der Waals surface area contributed by atoms with E-state index >= 15 is 0 Å². The van der Waals surface area contributed by atoms with Crippen LogP contribution in [0.25, 0.3) is 0 Å². The van der Waals surface area contributed by atoms with E-state index in [-0.39, 0.29) is 32.3 Å². The third kappa shape index (κ3) is 21.8. The van der Waals surface area contributed by atoms with E-state index in [4.69, 9.17) is 10.8 Å². The molecule has 120 valence electrons. The summed E-state index contributed by atoms with van der Waals surface area (Å²) in [4.78, 5) is 30.4. The first-order valence-corrected chi connectivity index (χ1v) is 6.26. The van der Waals surface area contributed by atoms with Crippen LogP contribution < -0.4 is 16.4 Å². The van der Waals surface area contributed by atoms with Gasteiger partial charge in [0, 0.05) is 20.0 Å². The highest BCUT2D eigenvalue weighted by molar-refractivity contribution is 5.72. The number of carbonyl (C=O) groups excluding carboxylic acids is 2. The van der Waals surface area contributed by atoms with Gasteiger partial charge in [0.1, 0.15) is 6.29 Å². The highest BCUT2D eigenvalue weighted by atomic mass is 16.4. The van der Waals surface area contributed by atoms with Gasteiger partial charge in [0.25, 0.3) is 0 Å². The molecule has 7 nitrogen and oxygen atoms in total. The van der Waals surface area contributed by atoms with Crippen molar-refractivity contribution >= 4 is 18.2 Å². The van der Waals surface area contributed by atoms with E-state index in [0.717, 1.165) is 25.5 Å². The first kappa shape index (κ1) is 23.6. The summed E-state index contributed by atoms with van der Waals surface area (Å²) in [6.07, 6.45) is 3.69. The number of hydrogen-bond acceptors (Lipinski definition) is 5. The van der Waals surface area contributed by atoms with Gasteiger partial charge in [-0.15, -0.1) is 0 Å². The molecule has 0 aliphatic carbocycles. The van der Waals surface area contributed by atoms with Crippen LogP contribution in [0.15, 0.2) is 0 Å². The van der Waals surface area contributed by atoms with Gasteiger partial charge in [0.05, 0.1) is 12.5 Å². The second kappa shape index (κ2) is 17.5. The third-order valence-electron chi connectivity index (χ3n) is 2.21. The van der Waals surface area contributed by atoms with E-state index < -0.39 is 5.97 Å². The van der Waals surface area contributed by atoms with Crippen LogP contribution in [0, 0.1) is 0 Å². The molecule has 0 heterocycles. The lowest BCUT2D eigenvalue weighted by Gasteiger charge is -2.07. The number of aliphatic carboxylic acids is 1. The summed E-state index contributed by atoms with van der Waals surface area (Å²) >= 11 is 0. The molecule has 0 spiro atoms. The van der Waals surface area contributed by atoms with Crippen molar-refractivity contribution in [2.24, 2.45) is 5.73 Å². The van der Waals surface area contributed by atoms with Crippen molar-refractivity contribution in [3.8, 4) is 0 Å². The largest absolute Gasteiger partial charge is 0.481 e. The number of likely N-dealkylation sites (N-methyl/N-ethyl adjacent to an activating group) is 1. The standard InChI is InChI=1S/C9H18N2O2.C3H7NO2.CH4/c1-8(13)11-6-4-3-5-9(7-12)10-2;4-2-1-3(5)6;/h7,9-10H,3-6H2,1-2H3,(H,11,13);1-2,4H2,(H,5,6);1H4/i1+1,2+1;4+1;1+1. The highest BCUT2D eigenvalue weighted by Gasteiger charge is 2.02. The van der Waals surface area contributed by atoms with Crippen molar-refractivity contribution in [2.75, 3.05) is 20.1 Å². The lowest BCUT2D eigenvalue weighted by molar-refractivity contribution is -0.136. The van der Waals surface area contributed by atoms with Crippen LogP contribution in [0.2, 0.25) is 0 Å². The molecule has 1 atom stereocenters. The summed E-state index contributed by atoms with van der Waals surface area (Å²) in [7, 11) is 1.77. The van der Waals surface area contributed by atoms with E-state index in [9.17, 15) is 14.4 Å². The molecule has 0 aromatic heterocycles.